The zero-order chi connectivity index (χ0) is 12.6. The molecular weight excluding hydrogens is 216 g/mol. The Balaban J connectivity index is 1.81. The van der Waals surface area contributed by atoms with Gasteiger partial charge in [0.1, 0.15) is 0 Å². The van der Waals surface area contributed by atoms with Gasteiger partial charge in [0, 0.05) is 19.5 Å². The highest BCUT2D eigenvalue weighted by atomic mass is 16.2. The summed E-state index contributed by atoms with van der Waals surface area (Å²) in [5, 5.41) is 3.40. The monoisotopic (exact) mass is 238 g/mol. The van der Waals surface area contributed by atoms with Crippen LogP contribution in [0.4, 0.5) is 0 Å². The van der Waals surface area contributed by atoms with E-state index in [-0.39, 0.29) is 17.9 Å². The molecule has 2 aliphatic rings. The molecule has 1 saturated carbocycles. The maximum Gasteiger partial charge on any atom is 0.246 e. The SMILES string of the molecule is CC(C)C1CC(NC2CCC(=O)N(C)C2=O)C1. The number of likely N-dealkylation sites (N-methyl/N-ethyl adjacent to an activating group) is 1. The van der Waals surface area contributed by atoms with E-state index in [0.29, 0.717) is 18.9 Å². The van der Waals surface area contributed by atoms with E-state index in [2.05, 4.69) is 19.2 Å². The molecule has 1 aliphatic carbocycles. The fourth-order valence-corrected chi connectivity index (χ4v) is 2.70. The average molecular weight is 238 g/mol. The molecule has 4 nitrogen and oxygen atoms in total. The van der Waals surface area contributed by atoms with Gasteiger partial charge in [0.05, 0.1) is 6.04 Å². The number of imide groups is 1. The molecule has 1 unspecified atom stereocenters. The molecular formula is C13H22N2O2. The summed E-state index contributed by atoms with van der Waals surface area (Å²) in [6.07, 6.45) is 3.48. The van der Waals surface area contributed by atoms with Gasteiger partial charge in [-0.15, -0.1) is 0 Å². The first kappa shape index (κ1) is 12.6. The van der Waals surface area contributed by atoms with Crippen molar-refractivity contribution < 1.29 is 9.59 Å². The summed E-state index contributed by atoms with van der Waals surface area (Å²) in [4.78, 5) is 24.5. The Hall–Kier alpha value is -0.900. The number of amides is 2. The molecule has 96 valence electrons. The van der Waals surface area contributed by atoms with E-state index >= 15 is 0 Å². The van der Waals surface area contributed by atoms with Crippen LogP contribution in [-0.2, 0) is 9.59 Å². The molecule has 2 amide bonds. The minimum absolute atomic E-state index is 0.0540. The van der Waals surface area contributed by atoms with Crippen molar-refractivity contribution >= 4 is 11.8 Å². The van der Waals surface area contributed by atoms with Gasteiger partial charge in [-0.05, 0) is 31.1 Å². The molecule has 0 bridgehead atoms. The fourth-order valence-electron chi connectivity index (χ4n) is 2.70. The molecule has 4 heteroatoms. The Morgan fingerprint density at radius 2 is 1.94 bits per heavy atom. The number of nitrogens with one attached hydrogen (secondary N) is 1. The third-order valence-electron chi connectivity index (χ3n) is 4.20. The Morgan fingerprint density at radius 1 is 1.29 bits per heavy atom. The van der Waals surface area contributed by atoms with Crippen molar-refractivity contribution in [1.82, 2.24) is 10.2 Å². The Kier molecular flexibility index (Phi) is 3.52. The van der Waals surface area contributed by atoms with Crippen LogP contribution < -0.4 is 5.32 Å². The van der Waals surface area contributed by atoms with E-state index in [1.165, 1.54) is 17.7 Å². The number of piperidine rings is 1. The van der Waals surface area contributed by atoms with Crippen molar-refractivity contribution in [1.29, 1.82) is 0 Å². The molecule has 0 aromatic carbocycles. The first-order chi connectivity index (χ1) is 7.99. The van der Waals surface area contributed by atoms with Crippen LogP contribution >= 0.6 is 0 Å². The molecule has 1 atom stereocenters. The average Bonchev–Trinajstić information content (AvgIpc) is 2.21. The van der Waals surface area contributed by atoms with Crippen LogP contribution in [0.2, 0.25) is 0 Å². The van der Waals surface area contributed by atoms with E-state index in [9.17, 15) is 9.59 Å². The number of nitrogens with zero attached hydrogens (tertiary/aromatic N) is 1. The molecule has 0 radical (unpaired) electrons. The first-order valence-corrected chi connectivity index (χ1v) is 6.55. The van der Waals surface area contributed by atoms with E-state index in [4.69, 9.17) is 0 Å². The van der Waals surface area contributed by atoms with Crippen LogP contribution in [0.15, 0.2) is 0 Å². The molecule has 0 aromatic rings. The zero-order valence-electron chi connectivity index (χ0n) is 10.9. The van der Waals surface area contributed by atoms with E-state index < -0.39 is 0 Å². The topological polar surface area (TPSA) is 49.4 Å². The van der Waals surface area contributed by atoms with Gasteiger partial charge in [-0.3, -0.25) is 14.5 Å². The van der Waals surface area contributed by atoms with Gasteiger partial charge in [-0.2, -0.15) is 0 Å². The minimum atomic E-state index is -0.143. The zero-order valence-corrected chi connectivity index (χ0v) is 10.9. The summed E-state index contributed by atoms with van der Waals surface area (Å²) in [6.45, 7) is 4.50. The molecule has 1 N–H and O–H groups in total. The summed E-state index contributed by atoms with van der Waals surface area (Å²) in [6, 6.07) is 0.328. The Morgan fingerprint density at radius 3 is 2.53 bits per heavy atom. The molecule has 0 aromatic heterocycles. The lowest BCUT2D eigenvalue weighted by atomic mass is 9.73. The Labute approximate surface area is 103 Å². The van der Waals surface area contributed by atoms with Crippen molar-refractivity contribution in [3.05, 3.63) is 0 Å². The van der Waals surface area contributed by atoms with Gasteiger partial charge in [0.2, 0.25) is 11.8 Å². The largest absolute Gasteiger partial charge is 0.303 e. The van der Waals surface area contributed by atoms with Crippen LogP contribution in [0.1, 0.15) is 39.5 Å². The smallest absolute Gasteiger partial charge is 0.246 e. The third kappa shape index (κ3) is 2.51. The summed E-state index contributed by atoms with van der Waals surface area (Å²) in [5.41, 5.74) is 0. The lowest BCUT2D eigenvalue weighted by Gasteiger charge is -2.41. The van der Waals surface area contributed by atoms with Crippen LogP contribution in [0.5, 0.6) is 0 Å². The van der Waals surface area contributed by atoms with E-state index in [1.807, 2.05) is 0 Å². The quantitative estimate of drug-likeness (QED) is 0.751. The normalized spacial score (nSPS) is 34.1. The molecule has 0 spiro atoms. The highest BCUT2D eigenvalue weighted by Crippen LogP contribution is 2.34. The third-order valence-corrected chi connectivity index (χ3v) is 4.20. The van der Waals surface area contributed by atoms with Crippen molar-refractivity contribution in [3.8, 4) is 0 Å². The molecule has 1 heterocycles. The van der Waals surface area contributed by atoms with E-state index in [1.54, 1.807) is 7.05 Å². The number of likely N-dealkylation sites (tertiary alicyclic amines) is 1. The number of hydrogen-bond acceptors (Lipinski definition) is 3. The predicted molar refractivity (Wildman–Crippen MR) is 65.3 cm³/mol. The second kappa shape index (κ2) is 4.77. The summed E-state index contributed by atoms with van der Waals surface area (Å²) in [7, 11) is 1.58. The number of carbonyl (C=O) groups is 2. The second-order valence-electron chi connectivity index (χ2n) is 5.72. The first-order valence-electron chi connectivity index (χ1n) is 6.55. The summed E-state index contributed by atoms with van der Waals surface area (Å²) >= 11 is 0. The van der Waals surface area contributed by atoms with Crippen molar-refractivity contribution in [2.75, 3.05) is 7.05 Å². The predicted octanol–water partition coefficient (Wildman–Crippen LogP) is 1.16. The van der Waals surface area contributed by atoms with E-state index in [0.717, 1.165) is 11.8 Å². The molecule has 2 rings (SSSR count). The van der Waals surface area contributed by atoms with Crippen molar-refractivity contribution in [2.45, 2.75) is 51.6 Å². The fraction of sp³-hybridized carbons (Fsp3) is 0.846. The lowest BCUT2D eigenvalue weighted by molar-refractivity contribution is -0.148. The highest BCUT2D eigenvalue weighted by Gasteiger charge is 2.37. The van der Waals surface area contributed by atoms with Crippen LogP contribution in [0.3, 0.4) is 0 Å². The Bertz CT molecular complexity index is 321. The number of rotatable bonds is 3. The standard InChI is InChI=1S/C13H22N2O2/c1-8(2)9-6-10(7-9)14-11-4-5-12(16)15(3)13(11)17/h8-11,14H,4-7H2,1-3H3. The van der Waals surface area contributed by atoms with Gasteiger partial charge in [-0.1, -0.05) is 13.8 Å². The van der Waals surface area contributed by atoms with Crippen LogP contribution in [0, 0.1) is 11.8 Å². The molecule has 1 aliphatic heterocycles. The summed E-state index contributed by atoms with van der Waals surface area (Å²) < 4.78 is 0. The van der Waals surface area contributed by atoms with Crippen LogP contribution in [0.25, 0.3) is 0 Å². The summed E-state index contributed by atoms with van der Waals surface area (Å²) in [5.74, 6) is 1.42. The maximum absolute atomic E-state index is 11.9. The lowest BCUT2D eigenvalue weighted by Crippen LogP contribution is -2.56. The van der Waals surface area contributed by atoms with Gasteiger partial charge < -0.3 is 5.32 Å². The van der Waals surface area contributed by atoms with Crippen molar-refractivity contribution in [3.63, 3.8) is 0 Å². The van der Waals surface area contributed by atoms with Gasteiger partial charge in [0.25, 0.3) is 0 Å². The molecule has 2 fully saturated rings. The second-order valence-corrected chi connectivity index (χ2v) is 5.72. The highest BCUT2D eigenvalue weighted by molar-refractivity contribution is 6.00. The van der Waals surface area contributed by atoms with Gasteiger partial charge in [0.15, 0.2) is 0 Å². The van der Waals surface area contributed by atoms with Crippen molar-refractivity contribution in [2.24, 2.45) is 11.8 Å². The number of hydrogen-bond donors (Lipinski definition) is 1. The maximum atomic E-state index is 11.9. The molecule has 1 saturated heterocycles. The number of carbonyl (C=O) groups excluding carboxylic acids is 2. The van der Waals surface area contributed by atoms with Gasteiger partial charge >= 0.3 is 0 Å². The van der Waals surface area contributed by atoms with Crippen LogP contribution in [-0.4, -0.2) is 35.8 Å². The minimum Gasteiger partial charge on any atom is -0.303 e. The van der Waals surface area contributed by atoms with Gasteiger partial charge in [-0.25, -0.2) is 0 Å². The molecule has 17 heavy (non-hydrogen) atoms.